The maximum absolute atomic E-state index is 3.69. The monoisotopic (exact) mass is 854 g/mol. The van der Waals surface area contributed by atoms with E-state index in [1.165, 1.54) is 102 Å². The van der Waals surface area contributed by atoms with Gasteiger partial charge in [0, 0.05) is 0 Å². The van der Waals surface area contributed by atoms with Crippen molar-refractivity contribution in [2.24, 2.45) is 0 Å². The zero-order valence-electron chi connectivity index (χ0n) is 28.3. The average Bonchev–Trinajstić information content (AvgIpc) is 3.62. The van der Waals surface area contributed by atoms with Gasteiger partial charge in [-0.3, -0.25) is 6.08 Å². The van der Waals surface area contributed by atoms with E-state index >= 15 is 0 Å². The third-order valence-electron chi connectivity index (χ3n) is 8.12. The molecule has 0 unspecified atom stereocenters. The summed E-state index contributed by atoms with van der Waals surface area (Å²) in [6, 6.07) is 27.8. The minimum Gasteiger partial charge on any atom is -1.00 e. The molecule has 0 radical (unpaired) electrons. The van der Waals surface area contributed by atoms with Crippen molar-refractivity contribution in [3.63, 3.8) is 0 Å². The third kappa shape index (κ3) is 10.7. The van der Waals surface area contributed by atoms with Crippen molar-refractivity contribution in [2.45, 2.75) is 91.9 Å². The van der Waals surface area contributed by atoms with Crippen molar-refractivity contribution in [2.75, 3.05) is 0 Å². The van der Waals surface area contributed by atoms with E-state index < -0.39 is 0 Å². The van der Waals surface area contributed by atoms with E-state index in [1.54, 1.807) is 0 Å². The summed E-state index contributed by atoms with van der Waals surface area (Å²) in [7, 11) is 0. The van der Waals surface area contributed by atoms with Crippen molar-refractivity contribution >= 4 is 35.1 Å². The molecule has 0 nitrogen and oxygen atoms in total. The summed E-state index contributed by atoms with van der Waals surface area (Å²) < 4.78 is 3.62. The van der Waals surface area contributed by atoms with Gasteiger partial charge < -0.3 is 30.9 Å². The summed E-state index contributed by atoms with van der Waals surface area (Å²) >= 11 is 8.43. The molecule has 0 amide bonds. The van der Waals surface area contributed by atoms with E-state index in [1.807, 2.05) is 12.1 Å². The topological polar surface area (TPSA) is 0 Å². The Balaban J connectivity index is 0.000000278. The number of rotatable bonds is 2. The van der Waals surface area contributed by atoms with Gasteiger partial charge in [0.15, 0.2) is 0 Å². The van der Waals surface area contributed by atoms with Gasteiger partial charge in [-0.15, -0.1) is 16.7 Å². The number of aryl methyl sites for hydroxylation is 2. The molecular formula is C41H44Br2Cl2Zr-2. The van der Waals surface area contributed by atoms with Crippen LogP contribution in [0.4, 0.5) is 0 Å². The summed E-state index contributed by atoms with van der Waals surface area (Å²) in [6.45, 7) is 18.2. The third-order valence-corrected chi connectivity index (χ3v) is 10.5. The molecule has 4 aromatic carbocycles. The van der Waals surface area contributed by atoms with Crippen LogP contribution in [-0.2, 0) is 41.5 Å². The van der Waals surface area contributed by atoms with Crippen LogP contribution in [0.2, 0.25) is 0 Å². The van der Waals surface area contributed by atoms with E-state index in [4.69, 9.17) is 0 Å². The standard InChI is InChI=1S/C23H29.C13H8Br2.C5H7.2ClH.Zr/c1-14-9-16-11-17-10-15(2)21(23(6,7)8)13-19(17)18(16)12-20(14)22(3,4)5;14-12-5-1-3-10(8-12)7-11-4-2-6-13(15)9-11;1-2-4-5-3-1;;;/h9,12-13H,11H2,1-8H3;1-6,8-9H;1H,2,4-5H2;2*1H;/q-1;;-1;;;+2/p-2. The summed E-state index contributed by atoms with van der Waals surface area (Å²) in [5.41, 5.74) is 14.2. The molecule has 2 aliphatic carbocycles. The van der Waals surface area contributed by atoms with Crippen LogP contribution in [0.25, 0.3) is 11.1 Å². The van der Waals surface area contributed by atoms with Gasteiger partial charge in [-0.25, -0.2) is 0 Å². The second-order valence-electron chi connectivity index (χ2n) is 13.9. The predicted molar refractivity (Wildman–Crippen MR) is 194 cm³/mol. The van der Waals surface area contributed by atoms with Crippen LogP contribution >= 0.6 is 31.9 Å². The zero-order chi connectivity index (χ0) is 32.2. The molecule has 0 saturated heterocycles. The largest absolute Gasteiger partial charge is 1.00 e. The van der Waals surface area contributed by atoms with E-state index in [0.29, 0.717) is 0 Å². The smallest absolute Gasteiger partial charge is 0.0129 e. The Bertz CT molecular complexity index is 1570. The van der Waals surface area contributed by atoms with E-state index in [-0.39, 0.29) is 35.6 Å². The van der Waals surface area contributed by atoms with Gasteiger partial charge in [0.05, 0.1) is 0 Å². The molecule has 242 valence electrons. The van der Waals surface area contributed by atoms with Crippen LogP contribution in [0.15, 0.2) is 81.8 Å². The normalized spacial score (nSPS) is 12.8. The van der Waals surface area contributed by atoms with Crippen LogP contribution in [0, 0.1) is 26.0 Å². The molecule has 2 aliphatic rings. The first-order chi connectivity index (χ1) is 20.6. The molecule has 0 bridgehead atoms. The Morgan fingerprint density at radius 1 is 0.739 bits per heavy atom. The number of fused-ring (bicyclic) bond motifs is 3. The van der Waals surface area contributed by atoms with Gasteiger partial charge >= 0.3 is 128 Å². The fourth-order valence-corrected chi connectivity index (χ4v) is 7.55. The van der Waals surface area contributed by atoms with Gasteiger partial charge in [0.25, 0.3) is 0 Å². The van der Waals surface area contributed by atoms with E-state index in [2.05, 4.69) is 160 Å². The van der Waals surface area contributed by atoms with E-state index in [9.17, 15) is 0 Å². The molecule has 0 fully saturated rings. The van der Waals surface area contributed by atoms with Gasteiger partial charge in [-0.05, 0) is 35.4 Å². The van der Waals surface area contributed by atoms with Gasteiger partial charge in [0.2, 0.25) is 0 Å². The molecular weight excluding hydrogens is 814 g/mol. The first-order valence-electron chi connectivity index (χ1n) is 15.5. The fraction of sp³-hybridized carbons (Fsp3) is 0.341. The predicted octanol–water partition coefficient (Wildman–Crippen LogP) is 6.13. The molecule has 6 rings (SSSR count). The molecule has 0 atom stereocenters. The van der Waals surface area contributed by atoms with Gasteiger partial charge in [0.1, 0.15) is 0 Å². The fourth-order valence-electron chi connectivity index (χ4n) is 5.99. The SMILES string of the molecule is Brc1cccc([C](=[Zr+2])c2cccc(Br)c2)c1.Cc1[c-]c2c(cc1C(C)(C)C)-c1cc(C(C)(C)C)c(C)cc1C2.[C-]1=CCCC1.[Cl-].[Cl-]. The Labute approximate surface area is 322 Å². The molecule has 0 N–H and O–H groups in total. The summed E-state index contributed by atoms with van der Waals surface area (Å²) in [5.74, 6) is 0. The minimum atomic E-state index is 0. The Hall–Kier alpha value is -1.09. The van der Waals surface area contributed by atoms with Crippen molar-refractivity contribution in [3.8, 4) is 11.1 Å². The number of hydrogen-bond acceptors (Lipinski definition) is 0. The Kier molecular flexibility index (Phi) is 15.7. The zero-order valence-corrected chi connectivity index (χ0v) is 35.4. The first-order valence-corrected chi connectivity index (χ1v) is 18.3. The van der Waals surface area contributed by atoms with Crippen molar-refractivity contribution in [1.82, 2.24) is 0 Å². The summed E-state index contributed by atoms with van der Waals surface area (Å²) in [4.78, 5) is 0. The second-order valence-corrected chi connectivity index (χ2v) is 17.0. The maximum atomic E-state index is 3.69. The molecule has 0 spiro atoms. The first kappa shape index (κ1) is 41.1. The Morgan fingerprint density at radius 3 is 1.72 bits per heavy atom. The van der Waals surface area contributed by atoms with E-state index in [0.717, 1.165) is 15.4 Å². The average molecular weight is 859 g/mol. The van der Waals surface area contributed by atoms with Crippen molar-refractivity contribution < 1.29 is 49.0 Å². The number of allylic oxidation sites excluding steroid dienone is 2. The number of hydrogen-bond donors (Lipinski definition) is 0. The molecule has 0 aromatic heterocycles. The Morgan fingerprint density at radius 2 is 1.28 bits per heavy atom. The molecule has 0 heterocycles. The quantitative estimate of drug-likeness (QED) is 0.188. The van der Waals surface area contributed by atoms with Crippen LogP contribution in [-0.4, -0.2) is 3.21 Å². The summed E-state index contributed by atoms with van der Waals surface area (Å²) in [5, 5.41) is 0. The molecule has 0 aliphatic heterocycles. The van der Waals surface area contributed by atoms with Crippen LogP contribution in [0.5, 0.6) is 0 Å². The van der Waals surface area contributed by atoms with Gasteiger partial charge in [-0.1, -0.05) is 84.4 Å². The number of halogens is 4. The summed E-state index contributed by atoms with van der Waals surface area (Å²) in [6.07, 6.45) is 10.0. The molecule has 4 aromatic rings. The van der Waals surface area contributed by atoms with Crippen LogP contribution in [0.3, 0.4) is 0 Å². The van der Waals surface area contributed by atoms with Crippen LogP contribution < -0.4 is 24.8 Å². The number of benzene rings is 4. The second kappa shape index (κ2) is 17.5. The van der Waals surface area contributed by atoms with Crippen LogP contribution in [0.1, 0.15) is 105 Å². The molecule has 5 heteroatoms. The maximum Gasteiger partial charge on any atom is -0.0129 e. The molecule has 46 heavy (non-hydrogen) atoms. The van der Waals surface area contributed by atoms with Crippen molar-refractivity contribution in [1.29, 1.82) is 0 Å². The van der Waals surface area contributed by atoms with Crippen molar-refractivity contribution in [3.05, 3.63) is 138 Å². The minimum absolute atomic E-state index is 0. The van der Waals surface area contributed by atoms with Gasteiger partial charge in [-0.2, -0.15) is 24.1 Å². The molecule has 0 saturated carbocycles.